The van der Waals surface area contributed by atoms with Gasteiger partial charge in [-0.15, -0.1) is 0 Å². The van der Waals surface area contributed by atoms with Crippen LogP contribution in [0.5, 0.6) is 5.75 Å². The molecule has 0 saturated carbocycles. The van der Waals surface area contributed by atoms with Crippen molar-refractivity contribution in [1.82, 2.24) is 4.90 Å². The number of hydrogen-bond acceptors (Lipinski definition) is 3. The van der Waals surface area contributed by atoms with E-state index in [2.05, 4.69) is 6.92 Å². The van der Waals surface area contributed by atoms with E-state index in [0.29, 0.717) is 17.4 Å². The van der Waals surface area contributed by atoms with Gasteiger partial charge in [-0.05, 0) is 42.5 Å². The van der Waals surface area contributed by atoms with Crippen molar-refractivity contribution in [3.05, 3.63) is 42.0 Å². The first-order valence-electron chi connectivity index (χ1n) is 8.63. The SMILES string of the molecule is CCC1CCCCN1C(=O)COc1ccc2ccccc2c1C=O. The number of benzene rings is 2. The Morgan fingerprint density at radius 1 is 1.25 bits per heavy atom. The molecule has 4 heteroatoms. The molecule has 1 fully saturated rings. The number of fused-ring (bicyclic) bond motifs is 1. The molecule has 1 aliphatic rings. The number of likely N-dealkylation sites (tertiary alicyclic amines) is 1. The summed E-state index contributed by atoms with van der Waals surface area (Å²) >= 11 is 0. The lowest BCUT2D eigenvalue weighted by atomic mass is 10.00. The second-order valence-electron chi connectivity index (χ2n) is 6.25. The zero-order chi connectivity index (χ0) is 16.9. The molecule has 126 valence electrons. The standard InChI is InChI=1S/C20H23NO3/c1-2-16-8-5-6-12-21(16)20(23)14-24-19-11-10-15-7-3-4-9-17(15)18(19)13-22/h3-4,7,9-11,13,16H,2,5-6,8,12,14H2,1H3. The molecule has 0 radical (unpaired) electrons. The molecule has 2 aromatic carbocycles. The summed E-state index contributed by atoms with van der Waals surface area (Å²) < 4.78 is 5.72. The van der Waals surface area contributed by atoms with E-state index < -0.39 is 0 Å². The molecule has 0 bridgehead atoms. The fraction of sp³-hybridized carbons (Fsp3) is 0.400. The molecular weight excluding hydrogens is 302 g/mol. The van der Waals surface area contributed by atoms with E-state index in [1.807, 2.05) is 35.2 Å². The van der Waals surface area contributed by atoms with Gasteiger partial charge in [0.05, 0.1) is 5.56 Å². The van der Waals surface area contributed by atoms with Gasteiger partial charge < -0.3 is 9.64 Å². The highest BCUT2D eigenvalue weighted by Gasteiger charge is 2.25. The molecule has 2 aromatic rings. The van der Waals surface area contributed by atoms with Crippen molar-refractivity contribution in [2.45, 2.75) is 38.6 Å². The minimum Gasteiger partial charge on any atom is -0.483 e. The van der Waals surface area contributed by atoms with E-state index >= 15 is 0 Å². The lowest BCUT2D eigenvalue weighted by Gasteiger charge is -2.35. The number of aldehydes is 1. The summed E-state index contributed by atoms with van der Waals surface area (Å²) in [5, 5.41) is 1.84. The molecule has 1 saturated heterocycles. The van der Waals surface area contributed by atoms with Gasteiger partial charge in [0.15, 0.2) is 12.9 Å². The second kappa shape index (κ2) is 7.47. The van der Waals surface area contributed by atoms with Crippen LogP contribution >= 0.6 is 0 Å². The van der Waals surface area contributed by atoms with E-state index in [1.165, 1.54) is 6.42 Å². The number of piperidine rings is 1. The van der Waals surface area contributed by atoms with Gasteiger partial charge in [0.2, 0.25) is 0 Å². The number of hydrogen-bond donors (Lipinski definition) is 0. The van der Waals surface area contributed by atoms with Crippen molar-refractivity contribution >= 4 is 23.0 Å². The molecule has 0 spiro atoms. The maximum absolute atomic E-state index is 12.5. The molecule has 0 aromatic heterocycles. The molecule has 0 N–H and O–H groups in total. The fourth-order valence-electron chi connectivity index (χ4n) is 3.50. The molecule has 24 heavy (non-hydrogen) atoms. The average Bonchev–Trinajstić information content (AvgIpc) is 2.65. The number of nitrogens with zero attached hydrogens (tertiary/aromatic N) is 1. The predicted octanol–water partition coefficient (Wildman–Crippen LogP) is 3.82. The van der Waals surface area contributed by atoms with E-state index in [9.17, 15) is 9.59 Å². The van der Waals surface area contributed by atoms with Crippen LogP contribution in [0, 0.1) is 0 Å². The van der Waals surface area contributed by atoms with Crippen molar-refractivity contribution in [2.24, 2.45) is 0 Å². The van der Waals surface area contributed by atoms with Crippen LogP contribution in [0.4, 0.5) is 0 Å². The first kappa shape index (κ1) is 16.5. The van der Waals surface area contributed by atoms with Crippen LogP contribution < -0.4 is 4.74 Å². The number of rotatable bonds is 5. The topological polar surface area (TPSA) is 46.6 Å². The number of ether oxygens (including phenoxy) is 1. The van der Waals surface area contributed by atoms with Crippen molar-refractivity contribution < 1.29 is 14.3 Å². The highest BCUT2D eigenvalue weighted by molar-refractivity contribution is 6.00. The smallest absolute Gasteiger partial charge is 0.260 e. The third-order valence-electron chi connectivity index (χ3n) is 4.82. The molecule has 1 amide bonds. The minimum atomic E-state index is -0.0182. The molecule has 1 atom stereocenters. The number of amides is 1. The predicted molar refractivity (Wildman–Crippen MR) is 94.5 cm³/mol. The Kier molecular flexibility index (Phi) is 5.14. The summed E-state index contributed by atoms with van der Waals surface area (Å²) in [6.07, 6.45) is 5.08. The Hall–Kier alpha value is -2.36. The summed E-state index contributed by atoms with van der Waals surface area (Å²) in [6, 6.07) is 11.7. The summed E-state index contributed by atoms with van der Waals surface area (Å²) in [5.74, 6) is 0.480. The van der Waals surface area contributed by atoms with Gasteiger partial charge in [0.1, 0.15) is 5.75 Å². The highest BCUT2D eigenvalue weighted by atomic mass is 16.5. The number of carbonyl (C=O) groups excluding carboxylic acids is 2. The molecule has 0 aliphatic carbocycles. The Balaban J connectivity index is 1.75. The molecule has 1 unspecified atom stereocenters. The van der Waals surface area contributed by atoms with Crippen molar-refractivity contribution in [3.63, 3.8) is 0 Å². The fourth-order valence-corrected chi connectivity index (χ4v) is 3.50. The van der Waals surface area contributed by atoms with Crippen LogP contribution in [0.3, 0.4) is 0 Å². The zero-order valence-corrected chi connectivity index (χ0v) is 14.0. The lowest BCUT2D eigenvalue weighted by molar-refractivity contribution is -0.137. The normalized spacial score (nSPS) is 17.7. The largest absolute Gasteiger partial charge is 0.483 e. The van der Waals surface area contributed by atoms with Crippen LogP contribution in [0.1, 0.15) is 43.0 Å². The van der Waals surface area contributed by atoms with E-state index in [-0.39, 0.29) is 12.5 Å². The Bertz CT molecular complexity index is 741. The third kappa shape index (κ3) is 3.28. The van der Waals surface area contributed by atoms with Crippen molar-refractivity contribution in [2.75, 3.05) is 13.2 Å². The zero-order valence-electron chi connectivity index (χ0n) is 14.0. The molecule has 1 aliphatic heterocycles. The van der Waals surface area contributed by atoms with Gasteiger partial charge in [0, 0.05) is 12.6 Å². The van der Waals surface area contributed by atoms with Crippen LogP contribution in [0.2, 0.25) is 0 Å². The molecule has 1 heterocycles. The van der Waals surface area contributed by atoms with Gasteiger partial charge in [0.25, 0.3) is 5.91 Å². The molecular formula is C20H23NO3. The summed E-state index contributed by atoms with van der Waals surface area (Å²) in [6.45, 7) is 2.90. The molecule has 4 nitrogen and oxygen atoms in total. The van der Waals surface area contributed by atoms with E-state index in [0.717, 1.165) is 42.9 Å². The maximum atomic E-state index is 12.5. The second-order valence-corrected chi connectivity index (χ2v) is 6.25. The average molecular weight is 325 g/mol. The summed E-state index contributed by atoms with van der Waals surface area (Å²) in [4.78, 5) is 26.0. The van der Waals surface area contributed by atoms with Gasteiger partial charge >= 0.3 is 0 Å². The van der Waals surface area contributed by atoms with Gasteiger partial charge in [-0.3, -0.25) is 9.59 Å². The summed E-state index contributed by atoms with van der Waals surface area (Å²) in [5.41, 5.74) is 0.506. The van der Waals surface area contributed by atoms with Crippen molar-refractivity contribution in [1.29, 1.82) is 0 Å². The van der Waals surface area contributed by atoms with Crippen molar-refractivity contribution in [3.8, 4) is 5.75 Å². The van der Waals surface area contributed by atoms with Crippen LogP contribution in [-0.4, -0.2) is 36.3 Å². The van der Waals surface area contributed by atoms with Gasteiger partial charge in [-0.1, -0.05) is 37.3 Å². The van der Waals surface area contributed by atoms with E-state index in [1.54, 1.807) is 6.07 Å². The van der Waals surface area contributed by atoms with E-state index in [4.69, 9.17) is 4.74 Å². The Morgan fingerprint density at radius 2 is 2.08 bits per heavy atom. The lowest BCUT2D eigenvalue weighted by Crippen LogP contribution is -2.45. The van der Waals surface area contributed by atoms with Crippen LogP contribution in [0.15, 0.2) is 36.4 Å². The molecule has 3 rings (SSSR count). The Labute approximate surface area is 142 Å². The minimum absolute atomic E-state index is 0.00607. The highest BCUT2D eigenvalue weighted by Crippen LogP contribution is 2.27. The first-order valence-corrected chi connectivity index (χ1v) is 8.63. The summed E-state index contributed by atoms with van der Waals surface area (Å²) in [7, 11) is 0. The quantitative estimate of drug-likeness (QED) is 0.785. The van der Waals surface area contributed by atoms with Gasteiger partial charge in [-0.25, -0.2) is 0 Å². The maximum Gasteiger partial charge on any atom is 0.260 e. The third-order valence-corrected chi connectivity index (χ3v) is 4.82. The van der Waals surface area contributed by atoms with Crippen LogP contribution in [-0.2, 0) is 4.79 Å². The van der Waals surface area contributed by atoms with Gasteiger partial charge in [-0.2, -0.15) is 0 Å². The monoisotopic (exact) mass is 325 g/mol. The Morgan fingerprint density at radius 3 is 2.88 bits per heavy atom. The number of carbonyl (C=O) groups is 2. The van der Waals surface area contributed by atoms with Crippen LogP contribution in [0.25, 0.3) is 10.8 Å². The first-order chi connectivity index (χ1) is 11.7.